The highest BCUT2D eigenvalue weighted by Crippen LogP contribution is 2.23. The molecule has 80 valence electrons. The van der Waals surface area contributed by atoms with Crippen LogP contribution in [0.15, 0.2) is 35.0 Å². The molecule has 0 saturated heterocycles. The molecular formula is C13H17NO. The van der Waals surface area contributed by atoms with Gasteiger partial charge in [-0.2, -0.15) is 0 Å². The molecule has 2 nitrogen and oxygen atoms in total. The normalized spacial score (nSPS) is 9.33. The topological polar surface area (TPSA) is 26.0 Å². The largest absolute Gasteiger partial charge is 0.361 e. The van der Waals surface area contributed by atoms with Gasteiger partial charge in [0.1, 0.15) is 5.76 Å². The number of aromatic nitrogens is 1. The summed E-state index contributed by atoms with van der Waals surface area (Å²) in [6.45, 7) is 8.00. The van der Waals surface area contributed by atoms with Crippen molar-refractivity contribution in [2.24, 2.45) is 0 Å². The predicted octanol–water partition coefficient (Wildman–Crippen LogP) is 3.98. The first-order valence-corrected chi connectivity index (χ1v) is 5.25. The number of rotatable bonds is 1. The minimum atomic E-state index is 0.866. The van der Waals surface area contributed by atoms with Crippen molar-refractivity contribution in [3.8, 4) is 11.1 Å². The Balaban J connectivity index is 0.000000531. The van der Waals surface area contributed by atoms with Crippen molar-refractivity contribution in [2.75, 3.05) is 0 Å². The van der Waals surface area contributed by atoms with E-state index in [9.17, 15) is 0 Å². The maximum Gasteiger partial charge on any atom is 0.141 e. The Kier molecular flexibility index (Phi) is 4.10. The molecule has 0 amide bonds. The Hall–Kier alpha value is -1.57. The van der Waals surface area contributed by atoms with Crippen LogP contribution in [0.1, 0.15) is 25.2 Å². The maximum absolute atomic E-state index is 5.01. The lowest BCUT2D eigenvalue weighted by molar-refractivity contribution is 0.398. The summed E-state index contributed by atoms with van der Waals surface area (Å²) in [7, 11) is 0. The molecule has 0 aliphatic rings. The van der Waals surface area contributed by atoms with Crippen molar-refractivity contribution in [2.45, 2.75) is 27.7 Å². The van der Waals surface area contributed by atoms with E-state index in [2.05, 4.69) is 30.3 Å². The van der Waals surface area contributed by atoms with E-state index in [1.54, 1.807) is 6.20 Å². The minimum absolute atomic E-state index is 0.866. The van der Waals surface area contributed by atoms with Crippen molar-refractivity contribution < 1.29 is 4.52 Å². The average Bonchev–Trinajstić information content (AvgIpc) is 2.67. The highest BCUT2D eigenvalue weighted by molar-refractivity contribution is 5.64. The van der Waals surface area contributed by atoms with E-state index in [-0.39, 0.29) is 0 Å². The zero-order valence-corrected chi connectivity index (χ0v) is 9.74. The number of benzene rings is 1. The zero-order chi connectivity index (χ0) is 11.3. The number of aryl methyl sites for hydroxylation is 2. The van der Waals surface area contributed by atoms with Crippen LogP contribution in [0.2, 0.25) is 0 Å². The molecule has 15 heavy (non-hydrogen) atoms. The van der Waals surface area contributed by atoms with Gasteiger partial charge in [-0.15, -0.1) is 0 Å². The second kappa shape index (κ2) is 5.35. The van der Waals surface area contributed by atoms with Crippen molar-refractivity contribution >= 4 is 0 Å². The van der Waals surface area contributed by atoms with Gasteiger partial charge < -0.3 is 4.52 Å². The van der Waals surface area contributed by atoms with Crippen molar-refractivity contribution in [3.05, 3.63) is 41.8 Å². The Morgan fingerprint density at radius 2 is 1.87 bits per heavy atom. The van der Waals surface area contributed by atoms with Gasteiger partial charge >= 0.3 is 0 Å². The van der Waals surface area contributed by atoms with Crippen LogP contribution >= 0.6 is 0 Å². The van der Waals surface area contributed by atoms with Crippen LogP contribution < -0.4 is 0 Å². The number of hydrogen-bond donors (Lipinski definition) is 0. The first kappa shape index (κ1) is 11.5. The lowest BCUT2D eigenvalue weighted by atomic mass is 10.1. The summed E-state index contributed by atoms with van der Waals surface area (Å²) in [5, 5.41) is 3.75. The van der Waals surface area contributed by atoms with E-state index >= 15 is 0 Å². The van der Waals surface area contributed by atoms with Crippen LogP contribution in [0.3, 0.4) is 0 Å². The Morgan fingerprint density at radius 3 is 2.40 bits per heavy atom. The highest BCUT2D eigenvalue weighted by Gasteiger charge is 2.04. The third-order valence-electron chi connectivity index (χ3n) is 2.08. The smallest absolute Gasteiger partial charge is 0.141 e. The molecule has 1 aromatic carbocycles. The van der Waals surface area contributed by atoms with Crippen LogP contribution in [0.4, 0.5) is 0 Å². The first-order chi connectivity index (χ1) is 7.27. The molecule has 0 radical (unpaired) electrons. The third-order valence-corrected chi connectivity index (χ3v) is 2.08. The predicted molar refractivity (Wildman–Crippen MR) is 62.8 cm³/mol. The van der Waals surface area contributed by atoms with Gasteiger partial charge in [-0.1, -0.05) is 48.8 Å². The summed E-state index contributed by atoms with van der Waals surface area (Å²) in [5.74, 6) is 0.866. The summed E-state index contributed by atoms with van der Waals surface area (Å²) in [6, 6.07) is 8.30. The lowest BCUT2D eigenvalue weighted by Gasteiger charge is -1.98. The van der Waals surface area contributed by atoms with Gasteiger partial charge in [-0.3, -0.25) is 0 Å². The monoisotopic (exact) mass is 203 g/mol. The summed E-state index contributed by atoms with van der Waals surface area (Å²) in [6.07, 6.45) is 1.75. The molecule has 2 rings (SSSR count). The Bertz CT molecular complexity index is 418. The molecule has 2 heteroatoms. The van der Waals surface area contributed by atoms with Crippen LogP contribution in [0.5, 0.6) is 0 Å². The Labute approximate surface area is 90.9 Å². The highest BCUT2D eigenvalue weighted by atomic mass is 16.5. The lowest BCUT2D eigenvalue weighted by Crippen LogP contribution is -1.78. The molecule has 2 aromatic rings. The summed E-state index contributed by atoms with van der Waals surface area (Å²) >= 11 is 0. The van der Waals surface area contributed by atoms with Crippen LogP contribution in [0.25, 0.3) is 11.1 Å². The third kappa shape index (κ3) is 2.69. The fraction of sp³-hybridized carbons (Fsp3) is 0.308. The van der Waals surface area contributed by atoms with Crippen LogP contribution in [-0.4, -0.2) is 5.16 Å². The fourth-order valence-corrected chi connectivity index (χ4v) is 1.39. The van der Waals surface area contributed by atoms with Crippen LogP contribution in [0, 0.1) is 13.8 Å². The molecule has 0 aliphatic heterocycles. The van der Waals surface area contributed by atoms with Gasteiger partial charge in [0.25, 0.3) is 0 Å². The molecule has 0 bridgehead atoms. The van der Waals surface area contributed by atoms with Crippen molar-refractivity contribution in [1.82, 2.24) is 5.16 Å². The summed E-state index contributed by atoms with van der Waals surface area (Å²) < 4.78 is 5.01. The average molecular weight is 203 g/mol. The van der Waals surface area contributed by atoms with Crippen LogP contribution in [-0.2, 0) is 0 Å². The van der Waals surface area contributed by atoms with Crippen molar-refractivity contribution in [1.29, 1.82) is 0 Å². The van der Waals surface area contributed by atoms with Gasteiger partial charge in [-0.25, -0.2) is 0 Å². The summed E-state index contributed by atoms with van der Waals surface area (Å²) in [5.41, 5.74) is 3.49. The van der Waals surface area contributed by atoms with E-state index in [4.69, 9.17) is 4.52 Å². The molecule has 0 aliphatic carbocycles. The van der Waals surface area contributed by atoms with E-state index < -0.39 is 0 Å². The molecule has 0 N–H and O–H groups in total. The molecule has 0 atom stereocenters. The fourth-order valence-electron chi connectivity index (χ4n) is 1.39. The second-order valence-corrected chi connectivity index (χ2v) is 3.17. The second-order valence-electron chi connectivity index (χ2n) is 3.17. The molecular weight excluding hydrogens is 186 g/mol. The molecule has 0 unspecified atom stereocenters. The number of nitrogens with zero attached hydrogens (tertiary/aromatic N) is 1. The van der Waals surface area contributed by atoms with E-state index in [1.165, 1.54) is 11.1 Å². The first-order valence-electron chi connectivity index (χ1n) is 5.25. The number of hydrogen-bond acceptors (Lipinski definition) is 2. The van der Waals surface area contributed by atoms with E-state index in [0.29, 0.717) is 0 Å². The van der Waals surface area contributed by atoms with E-state index in [0.717, 1.165) is 11.3 Å². The van der Waals surface area contributed by atoms with Gasteiger partial charge in [0.2, 0.25) is 0 Å². The van der Waals surface area contributed by atoms with Crippen molar-refractivity contribution in [3.63, 3.8) is 0 Å². The standard InChI is InChI=1S/C11H11NO.C2H6/c1-8-4-3-5-10(6-8)11-7-12-13-9(11)2;1-2/h3-7H,1-2H3;1-2H3. The molecule has 1 aromatic heterocycles. The molecule has 0 saturated carbocycles. The molecule has 0 fully saturated rings. The molecule has 0 spiro atoms. The maximum atomic E-state index is 5.01. The van der Waals surface area contributed by atoms with E-state index in [1.807, 2.05) is 26.8 Å². The SMILES string of the molecule is CC.Cc1cccc(-c2cnoc2C)c1. The Morgan fingerprint density at radius 1 is 1.13 bits per heavy atom. The quantitative estimate of drug-likeness (QED) is 0.700. The zero-order valence-electron chi connectivity index (χ0n) is 9.74. The summed E-state index contributed by atoms with van der Waals surface area (Å²) in [4.78, 5) is 0. The van der Waals surface area contributed by atoms with Gasteiger partial charge in [-0.05, 0) is 19.4 Å². The van der Waals surface area contributed by atoms with Gasteiger partial charge in [0.15, 0.2) is 0 Å². The molecule has 1 heterocycles. The minimum Gasteiger partial charge on any atom is -0.361 e. The van der Waals surface area contributed by atoms with Gasteiger partial charge in [0.05, 0.1) is 6.20 Å². The van der Waals surface area contributed by atoms with Gasteiger partial charge in [0, 0.05) is 5.56 Å².